The summed E-state index contributed by atoms with van der Waals surface area (Å²) in [5, 5.41) is 0.222. The molecule has 270 valence electrons. The maximum absolute atomic E-state index is 11.7. The van der Waals surface area contributed by atoms with Gasteiger partial charge in [-0.25, -0.2) is 0 Å². The van der Waals surface area contributed by atoms with Gasteiger partial charge in [0.2, 0.25) is 0 Å². The first kappa shape index (κ1) is 38.0. The molecule has 0 saturated heterocycles. The van der Waals surface area contributed by atoms with E-state index in [1.165, 1.54) is 57.4 Å². The SMILES string of the molecule is Cc1ccc(S(=O)(=O)O)cc1C[C@H](C)CCC[C@@H](C)[C@H]1CC[C@H]2C3=CC=C4C(C)(C)C(O[Si](C)(C)C(C)(C)C)CC[C@]4(C)[C@H]3CC[C@]12C. The van der Waals surface area contributed by atoms with Crippen LogP contribution < -0.4 is 0 Å². The molecule has 8 atom stereocenters. The zero-order valence-electron chi connectivity index (χ0n) is 32.5. The van der Waals surface area contributed by atoms with Crippen molar-refractivity contribution in [2.75, 3.05) is 0 Å². The Labute approximate surface area is 295 Å². The number of hydrogen-bond donors (Lipinski definition) is 1. The smallest absolute Gasteiger partial charge is 0.294 e. The Balaban J connectivity index is 1.24. The van der Waals surface area contributed by atoms with E-state index in [1.54, 1.807) is 17.2 Å². The zero-order valence-corrected chi connectivity index (χ0v) is 34.3. The minimum Gasteiger partial charge on any atom is -0.413 e. The van der Waals surface area contributed by atoms with Gasteiger partial charge in [-0.1, -0.05) is 111 Å². The second-order valence-corrected chi connectivity index (χ2v) is 25.6. The molecule has 4 aliphatic rings. The van der Waals surface area contributed by atoms with Crippen molar-refractivity contribution in [1.29, 1.82) is 0 Å². The van der Waals surface area contributed by atoms with E-state index in [0.29, 0.717) is 35.2 Å². The molecular weight excluding hydrogens is 629 g/mol. The molecule has 3 saturated carbocycles. The van der Waals surface area contributed by atoms with Crippen LogP contribution in [0.1, 0.15) is 131 Å². The molecule has 1 aromatic rings. The van der Waals surface area contributed by atoms with Crippen molar-refractivity contribution in [1.82, 2.24) is 0 Å². The Kier molecular flexibility index (Phi) is 10.4. The summed E-state index contributed by atoms with van der Waals surface area (Å²) >= 11 is 0. The van der Waals surface area contributed by atoms with E-state index in [1.807, 2.05) is 13.0 Å². The van der Waals surface area contributed by atoms with Gasteiger partial charge < -0.3 is 4.43 Å². The lowest BCUT2D eigenvalue weighted by molar-refractivity contribution is -0.0113. The summed E-state index contributed by atoms with van der Waals surface area (Å²) in [5.41, 5.74) is 6.22. The third-order valence-electron chi connectivity index (χ3n) is 14.9. The topological polar surface area (TPSA) is 63.6 Å². The molecule has 0 bridgehead atoms. The van der Waals surface area contributed by atoms with Gasteiger partial charge in [-0.15, -0.1) is 0 Å². The number of rotatable bonds is 10. The highest BCUT2D eigenvalue weighted by Gasteiger charge is 2.60. The molecule has 1 aromatic carbocycles. The van der Waals surface area contributed by atoms with Crippen molar-refractivity contribution in [3.63, 3.8) is 0 Å². The Hall–Kier alpha value is -1.21. The molecular formula is C42H68O4SSi. The Morgan fingerprint density at radius 3 is 2.29 bits per heavy atom. The van der Waals surface area contributed by atoms with E-state index in [-0.39, 0.29) is 20.8 Å². The lowest BCUT2D eigenvalue weighted by Crippen LogP contribution is -2.55. The largest absolute Gasteiger partial charge is 0.413 e. The lowest BCUT2D eigenvalue weighted by atomic mass is 9.46. The summed E-state index contributed by atoms with van der Waals surface area (Å²) in [5.74, 6) is 3.33. The number of aryl methyl sites for hydroxylation is 1. The van der Waals surface area contributed by atoms with E-state index in [0.717, 1.165) is 29.9 Å². The van der Waals surface area contributed by atoms with Crippen LogP contribution in [0.4, 0.5) is 0 Å². The molecule has 1 N–H and O–H groups in total. The molecule has 0 aliphatic heterocycles. The van der Waals surface area contributed by atoms with Gasteiger partial charge >= 0.3 is 0 Å². The molecule has 48 heavy (non-hydrogen) atoms. The Bertz CT molecular complexity index is 1530. The minimum absolute atomic E-state index is 0.00325. The van der Waals surface area contributed by atoms with Crippen molar-refractivity contribution >= 4 is 18.4 Å². The molecule has 0 aromatic heterocycles. The van der Waals surface area contributed by atoms with Gasteiger partial charge in [-0.05, 0) is 134 Å². The third kappa shape index (κ3) is 6.87. The maximum Gasteiger partial charge on any atom is 0.294 e. The van der Waals surface area contributed by atoms with Crippen LogP contribution in [0.25, 0.3) is 0 Å². The maximum atomic E-state index is 11.7. The lowest BCUT2D eigenvalue weighted by Gasteiger charge is -2.60. The van der Waals surface area contributed by atoms with Crippen molar-refractivity contribution in [2.45, 2.75) is 163 Å². The van der Waals surface area contributed by atoms with Crippen LogP contribution in [0, 0.1) is 52.8 Å². The van der Waals surface area contributed by atoms with Gasteiger partial charge in [0, 0.05) is 5.41 Å². The molecule has 4 nitrogen and oxygen atoms in total. The predicted molar refractivity (Wildman–Crippen MR) is 203 cm³/mol. The first-order valence-corrected chi connectivity index (χ1v) is 23.5. The van der Waals surface area contributed by atoms with E-state index < -0.39 is 18.4 Å². The van der Waals surface area contributed by atoms with Gasteiger partial charge in [0.05, 0.1) is 11.0 Å². The van der Waals surface area contributed by atoms with Crippen LogP contribution in [-0.4, -0.2) is 27.4 Å². The van der Waals surface area contributed by atoms with Crippen molar-refractivity contribution < 1.29 is 17.4 Å². The summed E-state index contributed by atoms with van der Waals surface area (Å²) in [6, 6.07) is 4.97. The normalized spacial score (nSPS) is 33.2. The minimum atomic E-state index is -4.18. The van der Waals surface area contributed by atoms with E-state index in [4.69, 9.17) is 4.43 Å². The van der Waals surface area contributed by atoms with Crippen molar-refractivity contribution in [2.24, 2.45) is 45.8 Å². The van der Waals surface area contributed by atoms with Gasteiger partial charge in [0.25, 0.3) is 10.1 Å². The highest BCUT2D eigenvalue weighted by molar-refractivity contribution is 7.85. The fourth-order valence-electron chi connectivity index (χ4n) is 10.9. The summed E-state index contributed by atoms with van der Waals surface area (Å²) in [4.78, 5) is 0.00325. The summed E-state index contributed by atoms with van der Waals surface area (Å²) in [6.07, 6.45) is 17.7. The Morgan fingerprint density at radius 2 is 1.65 bits per heavy atom. The molecule has 0 spiro atoms. The summed E-state index contributed by atoms with van der Waals surface area (Å²) in [7, 11) is -6.04. The highest BCUT2D eigenvalue weighted by Crippen LogP contribution is 2.68. The monoisotopic (exact) mass is 696 g/mol. The van der Waals surface area contributed by atoms with Crippen LogP contribution >= 0.6 is 0 Å². The second-order valence-electron chi connectivity index (χ2n) is 19.4. The van der Waals surface area contributed by atoms with Gasteiger partial charge in [0.1, 0.15) is 0 Å². The van der Waals surface area contributed by atoms with Crippen LogP contribution in [0.15, 0.2) is 46.4 Å². The van der Waals surface area contributed by atoms with Crippen LogP contribution in [0.2, 0.25) is 18.1 Å². The summed E-state index contributed by atoms with van der Waals surface area (Å²) in [6.45, 7) is 29.0. The van der Waals surface area contributed by atoms with Crippen molar-refractivity contribution in [3.8, 4) is 0 Å². The van der Waals surface area contributed by atoms with E-state index >= 15 is 0 Å². The van der Waals surface area contributed by atoms with E-state index in [9.17, 15) is 13.0 Å². The quantitative estimate of drug-likeness (QED) is 0.195. The molecule has 0 radical (unpaired) electrons. The zero-order chi connectivity index (χ0) is 35.7. The third-order valence-corrected chi connectivity index (χ3v) is 20.2. The fourth-order valence-corrected chi connectivity index (χ4v) is 12.9. The van der Waals surface area contributed by atoms with Crippen molar-refractivity contribution in [3.05, 3.63) is 52.6 Å². The van der Waals surface area contributed by atoms with Crippen LogP contribution in [0.3, 0.4) is 0 Å². The van der Waals surface area contributed by atoms with Crippen LogP contribution in [0.5, 0.6) is 0 Å². The first-order valence-electron chi connectivity index (χ1n) is 19.2. The molecule has 0 heterocycles. The predicted octanol–water partition coefficient (Wildman–Crippen LogP) is 11.8. The molecule has 6 heteroatoms. The van der Waals surface area contributed by atoms with Gasteiger partial charge in [-0.2, -0.15) is 8.42 Å². The number of fused-ring (bicyclic) bond motifs is 5. The molecule has 5 rings (SSSR count). The van der Waals surface area contributed by atoms with Gasteiger partial charge in [-0.3, -0.25) is 4.55 Å². The Morgan fingerprint density at radius 1 is 0.958 bits per heavy atom. The average molecular weight is 697 g/mol. The van der Waals surface area contributed by atoms with Gasteiger partial charge in [0.15, 0.2) is 8.32 Å². The standard InChI is InChI=1S/C42H68O4SSi/c1-28(26-31-27-32(47(43,44)45)17-16-29(31)2)14-13-15-30(3)34-19-20-35-33-18-21-37-40(7,8)38(46-48(11,12)39(4,5)6)23-25-42(37,10)36(33)22-24-41(34,35)9/h16-18,21,27-28,30,34-36,38H,13-15,19-20,22-26H2,1-12H3,(H,43,44,45)/t28-,30-,34-,35+,36+,38?,41-,42-/m1/s1. The number of allylic oxidation sites excluding steroid dienone is 3. The molecule has 4 aliphatic carbocycles. The fraction of sp³-hybridized carbons (Fsp3) is 0.762. The van der Waals surface area contributed by atoms with E-state index in [2.05, 4.69) is 87.6 Å². The molecule has 1 unspecified atom stereocenters. The first-order chi connectivity index (χ1) is 22.0. The summed E-state index contributed by atoms with van der Waals surface area (Å²) < 4.78 is 40.1. The number of benzene rings is 1. The van der Waals surface area contributed by atoms with Crippen LogP contribution in [-0.2, 0) is 21.0 Å². The highest BCUT2D eigenvalue weighted by atomic mass is 32.2. The second kappa shape index (κ2) is 13.1. The molecule has 3 fully saturated rings. The average Bonchev–Trinajstić information content (AvgIpc) is 3.32. The molecule has 0 amide bonds. The number of hydrogen-bond acceptors (Lipinski definition) is 3.